The first-order valence-electron chi connectivity index (χ1n) is 5.66. The molecular weight excluding hydrogens is 214 g/mol. The summed E-state index contributed by atoms with van der Waals surface area (Å²) in [7, 11) is 1.50. The Morgan fingerprint density at radius 3 is 2.24 bits per heavy atom. The smallest absolute Gasteiger partial charge is 0.114 e. The van der Waals surface area contributed by atoms with Crippen molar-refractivity contribution in [2.45, 2.75) is 27.7 Å². The number of hydrogen-bond acceptors (Lipinski definition) is 4. The van der Waals surface area contributed by atoms with Crippen LogP contribution < -0.4 is 5.73 Å². The zero-order valence-electron chi connectivity index (χ0n) is 11.2. The zero-order valence-corrected chi connectivity index (χ0v) is 11.2. The molecule has 0 saturated heterocycles. The molecule has 3 N–H and O–H groups in total. The van der Waals surface area contributed by atoms with Crippen LogP contribution in [0, 0.1) is 13.8 Å². The lowest BCUT2D eigenvalue weighted by Crippen LogP contribution is -1.94. The standard InChI is InChI=1S/C9H10N4.C2H6.CH5N/c1-6-5-7(2)11-13-9(6)8-3-4-10-12-8;2*1-2/h3-5H,1-2H3,(H,10,12);1-2H3;2H2,1H3. The number of aromatic nitrogens is 4. The Morgan fingerprint density at radius 1 is 1.12 bits per heavy atom. The minimum absolute atomic E-state index is 0.864. The minimum atomic E-state index is 0.864. The normalized spacial score (nSPS) is 8.59. The molecule has 2 rings (SSSR count). The zero-order chi connectivity index (χ0) is 13.3. The van der Waals surface area contributed by atoms with Crippen LogP contribution in [-0.4, -0.2) is 27.4 Å². The molecule has 0 saturated carbocycles. The van der Waals surface area contributed by atoms with Gasteiger partial charge in [0.2, 0.25) is 0 Å². The Labute approximate surface area is 102 Å². The third-order valence-corrected chi connectivity index (χ3v) is 1.86. The van der Waals surface area contributed by atoms with Gasteiger partial charge in [0.15, 0.2) is 0 Å². The molecule has 0 amide bonds. The summed E-state index contributed by atoms with van der Waals surface area (Å²) in [6.07, 6.45) is 1.70. The number of aryl methyl sites for hydroxylation is 2. The average molecular weight is 235 g/mol. The van der Waals surface area contributed by atoms with E-state index in [9.17, 15) is 0 Å². The number of nitrogens with zero attached hydrogens (tertiary/aromatic N) is 3. The molecule has 2 aromatic rings. The van der Waals surface area contributed by atoms with Gasteiger partial charge < -0.3 is 5.73 Å². The second kappa shape index (κ2) is 8.41. The van der Waals surface area contributed by atoms with E-state index in [1.807, 2.05) is 39.8 Å². The fraction of sp³-hybridized carbons (Fsp3) is 0.417. The number of aromatic amines is 1. The average Bonchev–Trinajstić information content (AvgIpc) is 2.88. The van der Waals surface area contributed by atoms with Crippen LogP contribution in [0.2, 0.25) is 0 Å². The highest BCUT2D eigenvalue weighted by molar-refractivity contribution is 5.56. The Kier molecular flexibility index (Phi) is 7.54. The van der Waals surface area contributed by atoms with Gasteiger partial charge in [0.25, 0.3) is 0 Å². The fourth-order valence-corrected chi connectivity index (χ4v) is 1.27. The second-order valence-corrected chi connectivity index (χ2v) is 2.99. The third kappa shape index (κ3) is 4.32. The molecule has 17 heavy (non-hydrogen) atoms. The largest absolute Gasteiger partial charge is 0.333 e. The number of hydrogen-bond donors (Lipinski definition) is 2. The van der Waals surface area contributed by atoms with Crippen LogP contribution in [0.5, 0.6) is 0 Å². The van der Waals surface area contributed by atoms with Crippen molar-refractivity contribution in [2.75, 3.05) is 7.05 Å². The number of nitrogens with two attached hydrogens (primary N) is 1. The summed E-state index contributed by atoms with van der Waals surface area (Å²) >= 11 is 0. The van der Waals surface area contributed by atoms with Crippen LogP contribution in [0.25, 0.3) is 11.4 Å². The molecule has 0 atom stereocenters. The van der Waals surface area contributed by atoms with E-state index in [0.717, 1.165) is 22.6 Å². The van der Waals surface area contributed by atoms with Gasteiger partial charge in [-0.1, -0.05) is 13.8 Å². The van der Waals surface area contributed by atoms with E-state index in [1.54, 1.807) is 6.20 Å². The topological polar surface area (TPSA) is 80.5 Å². The Bertz CT molecular complexity index is 409. The van der Waals surface area contributed by atoms with Crippen molar-refractivity contribution in [1.29, 1.82) is 0 Å². The number of rotatable bonds is 1. The first kappa shape index (κ1) is 15.2. The molecule has 0 unspecified atom stereocenters. The maximum atomic E-state index is 4.50. The second-order valence-electron chi connectivity index (χ2n) is 2.99. The molecule has 0 fully saturated rings. The van der Waals surface area contributed by atoms with E-state index in [1.165, 1.54) is 7.05 Å². The summed E-state index contributed by atoms with van der Waals surface area (Å²) in [5.41, 5.74) is 8.31. The molecule has 0 aliphatic carbocycles. The van der Waals surface area contributed by atoms with Gasteiger partial charge in [-0.2, -0.15) is 10.2 Å². The minimum Gasteiger partial charge on any atom is -0.333 e. The molecule has 0 aliphatic rings. The van der Waals surface area contributed by atoms with Gasteiger partial charge in [0, 0.05) is 6.20 Å². The number of H-pyrrole nitrogens is 1. The van der Waals surface area contributed by atoms with E-state index in [-0.39, 0.29) is 0 Å². The Hall–Kier alpha value is -1.75. The van der Waals surface area contributed by atoms with Crippen LogP contribution in [0.15, 0.2) is 18.3 Å². The highest BCUT2D eigenvalue weighted by Gasteiger charge is 2.04. The third-order valence-electron chi connectivity index (χ3n) is 1.86. The first-order valence-corrected chi connectivity index (χ1v) is 5.66. The van der Waals surface area contributed by atoms with Crippen LogP contribution in [0.4, 0.5) is 0 Å². The summed E-state index contributed by atoms with van der Waals surface area (Å²) in [6, 6.07) is 3.88. The summed E-state index contributed by atoms with van der Waals surface area (Å²) in [5.74, 6) is 0. The quantitative estimate of drug-likeness (QED) is 0.793. The molecule has 0 radical (unpaired) electrons. The first-order chi connectivity index (χ1) is 8.27. The van der Waals surface area contributed by atoms with Crippen LogP contribution >= 0.6 is 0 Å². The van der Waals surface area contributed by atoms with Crippen molar-refractivity contribution in [3.8, 4) is 11.4 Å². The van der Waals surface area contributed by atoms with Gasteiger partial charge >= 0.3 is 0 Å². The lowest BCUT2D eigenvalue weighted by atomic mass is 10.2. The molecule has 0 aliphatic heterocycles. The summed E-state index contributed by atoms with van der Waals surface area (Å²) in [5, 5.41) is 14.8. The van der Waals surface area contributed by atoms with Gasteiger partial charge in [0.05, 0.1) is 11.4 Å². The van der Waals surface area contributed by atoms with Crippen molar-refractivity contribution in [3.63, 3.8) is 0 Å². The molecule has 0 bridgehead atoms. The molecule has 5 nitrogen and oxygen atoms in total. The van der Waals surface area contributed by atoms with Crippen molar-refractivity contribution in [3.05, 3.63) is 29.6 Å². The summed E-state index contributed by atoms with van der Waals surface area (Å²) in [6.45, 7) is 7.94. The lowest BCUT2D eigenvalue weighted by molar-refractivity contribution is 0.962. The molecular formula is C12H21N5. The highest BCUT2D eigenvalue weighted by Crippen LogP contribution is 2.16. The van der Waals surface area contributed by atoms with Gasteiger partial charge in [-0.25, -0.2) is 0 Å². The van der Waals surface area contributed by atoms with E-state index in [4.69, 9.17) is 0 Å². The van der Waals surface area contributed by atoms with E-state index in [2.05, 4.69) is 26.1 Å². The molecule has 2 aromatic heterocycles. The lowest BCUT2D eigenvalue weighted by Gasteiger charge is -2.00. The van der Waals surface area contributed by atoms with Gasteiger partial charge in [0.1, 0.15) is 5.69 Å². The van der Waals surface area contributed by atoms with Crippen molar-refractivity contribution in [1.82, 2.24) is 20.4 Å². The predicted molar refractivity (Wildman–Crippen MR) is 70.5 cm³/mol. The summed E-state index contributed by atoms with van der Waals surface area (Å²) in [4.78, 5) is 0. The van der Waals surface area contributed by atoms with Crippen LogP contribution in [0.3, 0.4) is 0 Å². The van der Waals surface area contributed by atoms with Gasteiger partial charge in [-0.15, -0.1) is 5.10 Å². The van der Waals surface area contributed by atoms with Crippen LogP contribution in [-0.2, 0) is 0 Å². The van der Waals surface area contributed by atoms with Crippen molar-refractivity contribution < 1.29 is 0 Å². The van der Waals surface area contributed by atoms with Crippen molar-refractivity contribution in [2.24, 2.45) is 5.73 Å². The maximum absolute atomic E-state index is 4.50. The predicted octanol–water partition coefficient (Wildman–Crippen LogP) is 2.08. The van der Waals surface area contributed by atoms with E-state index < -0.39 is 0 Å². The number of nitrogens with one attached hydrogen (secondary N) is 1. The van der Waals surface area contributed by atoms with Crippen LogP contribution in [0.1, 0.15) is 25.1 Å². The molecule has 94 valence electrons. The van der Waals surface area contributed by atoms with Gasteiger partial charge in [-0.05, 0) is 38.6 Å². The highest BCUT2D eigenvalue weighted by atomic mass is 15.1. The Balaban J connectivity index is 0.000000581. The maximum Gasteiger partial charge on any atom is 0.114 e. The van der Waals surface area contributed by atoms with Crippen molar-refractivity contribution >= 4 is 0 Å². The molecule has 2 heterocycles. The van der Waals surface area contributed by atoms with E-state index in [0.29, 0.717) is 0 Å². The molecule has 0 aromatic carbocycles. The van der Waals surface area contributed by atoms with Gasteiger partial charge in [-0.3, -0.25) is 5.10 Å². The van der Waals surface area contributed by atoms with E-state index >= 15 is 0 Å². The molecule has 5 heteroatoms. The molecule has 0 spiro atoms. The SMILES string of the molecule is CC.CN.Cc1cc(C)c(-c2ccn[nH]2)nn1. The monoisotopic (exact) mass is 235 g/mol. The fourth-order valence-electron chi connectivity index (χ4n) is 1.27. The Morgan fingerprint density at radius 2 is 1.76 bits per heavy atom. The summed E-state index contributed by atoms with van der Waals surface area (Å²) < 4.78 is 0.